The summed E-state index contributed by atoms with van der Waals surface area (Å²) in [6.07, 6.45) is 0. The molecule has 2 aromatic carbocycles. The molecule has 0 aromatic heterocycles. The Kier molecular flexibility index (Phi) is 7.85. The maximum atomic E-state index is 12.5. The second-order valence-corrected chi connectivity index (χ2v) is 5.56. The first kappa shape index (κ1) is 19.7. The molecular formula is C19H22N2O4S. The summed E-state index contributed by atoms with van der Waals surface area (Å²) in [7, 11) is 1.57. The molecule has 6 nitrogen and oxygen atoms in total. The Morgan fingerprint density at radius 2 is 1.73 bits per heavy atom. The number of carbonyl (C=O) groups is 1. The van der Waals surface area contributed by atoms with E-state index in [1.54, 1.807) is 37.4 Å². The SMILES string of the molecule is CCOCCOc1ccccc1C(=O)NC(=S)Nc1ccccc1OC. The van der Waals surface area contributed by atoms with E-state index >= 15 is 0 Å². The number of anilines is 1. The molecule has 0 radical (unpaired) electrons. The van der Waals surface area contributed by atoms with Crippen molar-refractivity contribution in [2.75, 3.05) is 32.2 Å². The first-order valence-electron chi connectivity index (χ1n) is 8.20. The van der Waals surface area contributed by atoms with E-state index in [1.165, 1.54) is 0 Å². The number of carbonyl (C=O) groups excluding carboxylic acids is 1. The second kappa shape index (κ2) is 10.4. The molecule has 2 aromatic rings. The first-order valence-corrected chi connectivity index (χ1v) is 8.61. The molecule has 0 aliphatic heterocycles. The Hall–Kier alpha value is -2.64. The minimum atomic E-state index is -0.357. The van der Waals surface area contributed by atoms with Crippen LogP contribution in [-0.4, -0.2) is 38.0 Å². The minimum absolute atomic E-state index is 0.170. The number of hydrogen-bond donors (Lipinski definition) is 2. The number of amides is 1. The van der Waals surface area contributed by atoms with Crippen LogP contribution in [0.1, 0.15) is 17.3 Å². The smallest absolute Gasteiger partial charge is 0.261 e. The van der Waals surface area contributed by atoms with E-state index in [1.807, 2.05) is 25.1 Å². The van der Waals surface area contributed by atoms with Crippen LogP contribution in [0.2, 0.25) is 0 Å². The second-order valence-electron chi connectivity index (χ2n) is 5.15. The van der Waals surface area contributed by atoms with E-state index < -0.39 is 0 Å². The topological polar surface area (TPSA) is 68.8 Å². The van der Waals surface area contributed by atoms with Gasteiger partial charge in [-0.05, 0) is 43.4 Å². The number of thiocarbonyl (C=S) groups is 1. The van der Waals surface area contributed by atoms with Crippen molar-refractivity contribution >= 4 is 28.9 Å². The van der Waals surface area contributed by atoms with E-state index in [-0.39, 0.29) is 11.0 Å². The lowest BCUT2D eigenvalue weighted by Gasteiger charge is -2.14. The van der Waals surface area contributed by atoms with Gasteiger partial charge in [-0.3, -0.25) is 10.1 Å². The molecule has 0 saturated heterocycles. The fraction of sp³-hybridized carbons (Fsp3) is 0.263. The minimum Gasteiger partial charge on any atom is -0.495 e. The van der Waals surface area contributed by atoms with Crippen LogP contribution in [0.4, 0.5) is 5.69 Å². The average molecular weight is 374 g/mol. The molecule has 0 unspecified atom stereocenters. The number of nitrogens with one attached hydrogen (secondary N) is 2. The zero-order valence-electron chi connectivity index (χ0n) is 14.8. The summed E-state index contributed by atoms with van der Waals surface area (Å²) in [6, 6.07) is 14.3. The fourth-order valence-corrected chi connectivity index (χ4v) is 2.41. The highest BCUT2D eigenvalue weighted by Gasteiger charge is 2.14. The molecule has 0 aliphatic carbocycles. The van der Waals surface area contributed by atoms with Crippen LogP contribution < -0.4 is 20.1 Å². The van der Waals surface area contributed by atoms with Gasteiger partial charge in [0.1, 0.15) is 18.1 Å². The van der Waals surface area contributed by atoms with Crippen molar-refractivity contribution in [3.8, 4) is 11.5 Å². The van der Waals surface area contributed by atoms with Crippen LogP contribution in [0.3, 0.4) is 0 Å². The molecule has 2 rings (SSSR count). The van der Waals surface area contributed by atoms with Gasteiger partial charge in [-0.2, -0.15) is 0 Å². The molecule has 26 heavy (non-hydrogen) atoms. The monoisotopic (exact) mass is 374 g/mol. The number of benzene rings is 2. The third kappa shape index (κ3) is 5.72. The van der Waals surface area contributed by atoms with Gasteiger partial charge >= 0.3 is 0 Å². The highest BCUT2D eigenvalue weighted by atomic mass is 32.1. The summed E-state index contributed by atoms with van der Waals surface area (Å²) in [5, 5.41) is 5.78. The van der Waals surface area contributed by atoms with Crippen LogP contribution in [0.5, 0.6) is 11.5 Å². The summed E-state index contributed by atoms with van der Waals surface area (Å²) in [5.41, 5.74) is 1.06. The van der Waals surface area contributed by atoms with Gasteiger partial charge in [0.25, 0.3) is 5.91 Å². The number of methoxy groups -OCH3 is 1. The lowest BCUT2D eigenvalue weighted by atomic mass is 10.2. The van der Waals surface area contributed by atoms with E-state index in [4.69, 9.17) is 26.4 Å². The molecule has 0 atom stereocenters. The lowest BCUT2D eigenvalue weighted by molar-refractivity contribution is 0.0958. The molecule has 2 N–H and O–H groups in total. The maximum Gasteiger partial charge on any atom is 0.261 e. The van der Waals surface area contributed by atoms with Crippen molar-refractivity contribution in [3.05, 3.63) is 54.1 Å². The Morgan fingerprint density at radius 3 is 2.46 bits per heavy atom. The van der Waals surface area contributed by atoms with E-state index in [9.17, 15) is 4.79 Å². The van der Waals surface area contributed by atoms with Crippen molar-refractivity contribution in [1.29, 1.82) is 0 Å². The number of hydrogen-bond acceptors (Lipinski definition) is 5. The Morgan fingerprint density at radius 1 is 1.04 bits per heavy atom. The molecule has 0 fully saturated rings. The molecule has 138 valence electrons. The lowest BCUT2D eigenvalue weighted by Crippen LogP contribution is -2.34. The maximum absolute atomic E-state index is 12.5. The number of rotatable bonds is 8. The molecule has 0 bridgehead atoms. The van der Waals surface area contributed by atoms with Crippen LogP contribution in [0, 0.1) is 0 Å². The summed E-state index contributed by atoms with van der Waals surface area (Å²) in [4.78, 5) is 12.5. The standard InChI is InChI=1S/C19H22N2O4S/c1-3-24-12-13-25-16-10-6-4-8-14(16)18(22)21-19(26)20-15-9-5-7-11-17(15)23-2/h4-11H,3,12-13H2,1-2H3,(H2,20,21,22,26). The highest BCUT2D eigenvalue weighted by molar-refractivity contribution is 7.80. The Labute approximate surface area is 158 Å². The van der Waals surface area contributed by atoms with Crippen molar-refractivity contribution < 1.29 is 19.0 Å². The fourth-order valence-electron chi connectivity index (χ4n) is 2.21. The Bertz CT molecular complexity index is 752. The molecular weight excluding hydrogens is 352 g/mol. The van der Waals surface area contributed by atoms with Gasteiger partial charge in [0, 0.05) is 6.61 Å². The summed E-state index contributed by atoms with van der Waals surface area (Å²) in [6.45, 7) is 3.35. The van der Waals surface area contributed by atoms with Gasteiger partial charge in [-0.25, -0.2) is 0 Å². The Balaban J connectivity index is 1.99. The van der Waals surface area contributed by atoms with Crippen LogP contribution in [0.25, 0.3) is 0 Å². The van der Waals surface area contributed by atoms with Crippen molar-refractivity contribution in [3.63, 3.8) is 0 Å². The third-order valence-electron chi connectivity index (χ3n) is 3.40. The van der Waals surface area contributed by atoms with Gasteiger partial charge in [0.15, 0.2) is 5.11 Å². The zero-order chi connectivity index (χ0) is 18.8. The van der Waals surface area contributed by atoms with E-state index in [2.05, 4.69) is 10.6 Å². The van der Waals surface area contributed by atoms with Crippen LogP contribution in [0.15, 0.2) is 48.5 Å². The van der Waals surface area contributed by atoms with E-state index in [0.29, 0.717) is 42.6 Å². The third-order valence-corrected chi connectivity index (χ3v) is 3.61. The van der Waals surface area contributed by atoms with Crippen molar-refractivity contribution in [2.45, 2.75) is 6.92 Å². The molecule has 1 amide bonds. The molecule has 0 saturated carbocycles. The average Bonchev–Trinajstić information content (AvgIpc) is 2.66. The number of para-hydroxylation sites is 3. The van der Waals surface area contributed by atoms with Gasteiger partial charge in [0.05, 0.1) is 25.0 Å². The zero-order valence-corrected chi connectivity index (χ0v) is 15.6. The predicted molar refractivity (Wildman–Crippen MR) is 105 cm³/mol. The van der Waals surface area contributed by atoms with Crippen molar-refractivity contribution in [1.82, 2.24) is 5.32 Å². The normalized spacial score (nSPS) is 10.1. The van der Waals surface area contributed by atoms with Crippen molar-refractivity contribution in [2.24, 2.45) is 0 Å². The highest BCUT2D eigenvalue weighted by Crippen LogP contribution is 2.23. The van der Waals surface area contributed by atoms with Gasteiger partial charge in [-0.15, -0.1) is 0 Å². The molecule has 0 aliphatic rings. The first-order chi connectivity index (χ1) is 12.7. The predicted octanol–water partition coefficient (Wildman–Crippen LogP) is 3.24. The van der Waals surface area contributed by atoms with E-state index in [0.717, 1.165) is 0 Å². The summed E-state index contributed by atoms with van der Waals surface area (Å²) >= 11 is 5.23. The van der Waals surface area contributed by atoms with Gasteiger partial charge in [-0.1, -0.05) is 24.3 Å². The molecule has 0 heterocycles. The molecule has 0 spiro atoms. The van der Waals surface area contributed by atoms with Crippen LogP contribution in [-0.2, 0) is 4.74 Å². The largest absolute Gasteiger partial charge is 0.495 e. The van der Waals surface area contributed by atoms with Gasteiger partial charge in [0.2, 0.25) is 0 Å². The molecule has 7 heteroatoms. The summed E-state index contributed by atoms with van der Waals surface area (Å²) in [5.74, 6) is 0.748. The van der Waals surface area contributed by atoms with Crippen LogP contribution >= 0.6 is 12.2 Å². The number of ether oxygens (including phenoxy) is 3. The van der Waals surface area contributed by atoms with Gasteiger partial charge < -0.3 is 19.5 Å². The summed E-state index contributed by atoms with van der Waals surface area (Å²) < 4.78 is 16.1. The quantitative estimate of drug-likeness (QED) is 0.546.